The zero-order valence-electron chi connectivity index (χ0n) is 17.6. The molecule has 0 spiro atoms. The van der Waals surface area contributed by atoms with Crippen molar-refractivity contribution in [3.05, 3.63) is 0 Å². The molecule has 0 aliphatic heterocycles. The van der Waals surface area contributed by atoms with Crippen LogP contribution in [0.2, 0.25) is 0 Å². The van der Waals surface area contributed by atoms with Crippen LogP contribution in [0.3, 0.4) is 0 Å². The molecule has 7 heteroatoms. The van der Waals surface area contributed by atoms with Gasteiger partial charge in [0.2, 0.25) is 6.29 Å². The molecule has 0 aromatic carbocycles. The van der Waals surface area contributed by atoms with E-state index in [2.05, 4.69) is 12.2 Å². The van der Waals surface area contributed by atoms with Gasteiger partial charge in [0.25, 0.3) is 0 Å². The van der Waals surface area contributed by atoms with Gasteiger partial charge in [0.15, 0.2) is 0 Å². The Morgan fingerprint density at radius 1 is 1.04 bits per heavy atom. The van der Waals surface area contributed by atoms with Gasteiger partial charge in [-0.25, -0.2) is 4.79 Å². The van der Waals surface area contributed by atoms with Crippen LogP contribution in [0, 0.1) is 11.8 Å². The molecule has 1 fully saturated rings. The maximum Gasteiger partial charge on any atom is 0.410 e. The molecule has 1 saturated carbocycles. The topological polar surface area (TPSA) is 102 Å². The van der Waals surface area contributed by atoms with Gasteiger partial charge in [-0.15, -0.1) is 0 Å². The van der Waals surface area contributed by atoms with Crippen LogP contribution in [0.1, 0.15) is 91.4 Å². The predicted molar refractivity (Wildman–Crippen MR) is 106 cm³/mol. The van der Waals surface area contributed by atoms with E-state index in [0.717, 1.165) is 18.8 Å². The Morgan fingerprint density at radius 2 is 1.71 bits per heavy atom. The van der Waals surface area contributed by atoms with Crippen molar-refractivity contribution in [2.45, 2.75) is 104 Å². The molecular weight excluding hydrogens is 362 g/mol. The monoisotopic (exact) mass is 399 g/mol. The summed E-state index contributed by atoms with van der Waals surface area (Å²) >= 11 is 0. The first-order valence-electron chi connectivity index (χ1n) is 10.7. The number of carbonyl (C=O) groups excluding carboxylic acids is 2. The molecule has 0 heterocycles. The first-order chi connectivity index (χ1) is 13.3. The van der Waals surface area contributed by atoms with E-state index in [1.807, 2.05) is 0 Å². The minimum Gasteiger partial charge on any atom is -0.481 e. The van der Waals surface area contributed by atoms with Crippen LogP contribution in [0.5, 0.6) is 0 Å². The molecule has 3 atom stereocenters. The first-order valence-corrected chi connectivity index (χ1v) is 10.7. The summed E-state index contributed by atoms with van der Waals surface area (Å²) in [5.74, 6) is -0.105. The van der Waals surface area contributed by atoms with Crippen molar-refractivity contribution >= 4 is 18.0 Å². The number of carbonyl (C=O) groups is 3. The van der Waals surface area contributed by atoms with Crippen LogP contribution in [0.15, 0.2) is 0 Å². The van der Waals surface area contributed by atoms with E-state index in [1.54, 1.807) is 6.92 Å². The highest BCUT2D eigenvalue weighted by Gasteiger charge is 2.21. The molecule has 0 unspecified atom stereocenters. The van der Waals surface area contributed by atoms with Gasteiger partial charge < -0.3 is 19.9 Å². The number of rotatable bonds is 12. The molecule has 28 heavy (non-hydrogen) atoms. The minimum atomic E-state index is -1.01. The number of carboxylic acids is 1. The Morgan fingerprint density at radius 3 is 2.32 bits per heavy atom. The number of carboxylic acid groups (broad SMARTS) is 1. The fraction of sp³-hybridized carbons (Fsp3) is 0.857. The third-order valence-electron chi connectivity index (χ3n) is 5.40. The Labute approximate surface area is 168 Å². The molecule has 0 aromatic rings. The SMILES string of the molecule is CCC(=O)O[C@H](C)OC(=O)N[C@@H](CC[C@H](C)CCC1CCCCC1)CC(=O)O. The van der Waals surface area contributed by atoms with Crippen molar-refractivity contribution in [2.75, 3.05) is 0 Å². The lowest BCUT2D eigenvalue weighted by Gasteiger charge is -2.24. The average Bonchev–Trinajstić information content (AvgIpc) is 2.64. The number of nitrogens with one attached hydrogen (secondary N) is 1. The molecule has 162 valence electrons. The molecular formula is C21H37NO6. The third-order valence-corrected chi connectivity index (χ3v) is 5.40. The summed E-state index contributed by atoms with van der Waals surface area (Å²) in [6.45, 7) is 5.28. The van der Waals surface area contributed by atoms with Gasteiger partial charge in [-0.2, -0.15) is 0 Å². The van der Waals surface area contributed by atoms with E-state index in [1.165, 1.54) is 45.4 Å². The smallest absolute Gasteiger partial charge is 0.410 e. The third kappa shape index (κ3) is 11.1. The second-order valence-corrected chi connectivity index (χ2v) is 8.02. The van der Waals surface area contributed by atoms with Gasteiger partial charge in [0.1, 0.15) is 0 Å². The Bertz CT molecular complexity index is 489. The van der Waals surface area contributed by atoms with Crippen molar-refractivity contribution in [1.29, 1.82) is 0 Å². The van der Waals surface area contributed by atoms with E-state index in [-0.39, 0.29) is 12.8 Å². The van der Waals surface area contributed by atoms with Crippen molar-refractivity contribution < 1.29 is 29.0 Å². The number of hydrogen-bond donors (Lipinski definition) is 2. The van der Waals surface area contributed by atoms with E-state index >= 15 is 0 Å². The normalized spacial score (nSPS) is 18.0. The largest absolute Gasteiger partial charge is 0.481 e. The highest BCUT2D eigenvalue weighted by molar-refractivity contribution is 5.72. The molecule has 0 bridgehead atoms. The Kier molecular flexibility index (Phi) is 11.6. The van der Waals surface area contributed by atoms with Crippen molar-refractivity contribution in [1.82, 2.24) is 5.32 Å². The predicted octanol–water partition coefficient (Wildman–Crippen LogP) is 4.63. The van der Waals surface area contributed by atoms with Gasteiger partial charge in [-0.1, -0.05) is 58.8 Å². The standard InChI is InChI=1S/C21H37NO6/c1-4-20(25)27-16(3)28-21(26)22-18(14-19(23)24)13-11-15(2)10-12-17-8-6-5-7-9-17/h15-18H,4-14H2,1-3H3,(H,22,26)(H,23,24)/t15-,16+,18+/m1/s1. The summed E-state index contributed by atoms with van der Waals surface area (Å²) in [5, 5.41) is 11.7. The molecule has 1 rings (SSSR count). The zero-order chi connectivity index (χ0) is 20.9. The Balaban J connectivity index is 2.36. The van der Waals surface area contributed by atoms with E-state index < -0.39 is 30.4 Å². The lowest BCUT2D eigenvalue weighted by molar-refractivity contribution is -0.164. The summed E-state index contributed by atoms with van der Waals surface area (Å²) in [6.07, 6.45) is 8.79. The number of amides is 1. The molecule has 1 aliphatic rings. The summed E-state index contributed by atoms with van der Waals surface area (Å²) in [6, 6.07) is -0.504. The van der Waals surface area contributed by atoms with Crippen LogP contribution in [0.4, 0.5) is 4.79 Å². The summed E-state index contributed by atoms with van der Waals surface area (Å²) in [4.78, 5) is 34.3. The first kappa shape index (κ1) is 24.2. The lowest BCUT2D eigenvalue weighted by Crippen LogP contribution is -2.39. The number of esters is 1. The fourth-order valence-electron chi connectivity index (χ4n) is 3.71. The van der Waals surface area contributed by atoms with Crippen molar-refractivity contribution in [2.24, 2.45) is 11.8 Å². The maximum absolute atomic E-state index is 12.0. The minimum absolute atomic E-state index is 0.159. The van der Waals surface area contributed by atoms with E-state index in [9.17, 15) is 14.4 Å². The molecule has 2 N–H and O–H groups in total. The molecule has 1 aliphatic carbocycles. The molecule has 0 radical (unpaired) electrons. The highest BCUT2D eigenvalue weighted by atomic mass is 16.7. The van der Waals surface area contributed by atoms with Gasteiger partial charge in [-0.05, 0) is 24.7 Å². The fourth-order valence-corrected chi connectivity index (χ4v) is 3.71. The van der Waals surface area contributed by atoms with E-state index in [4.69, 9.17) is 14.6 Å². The number of hydrogen-bond acceptors (Lipinski definition) is 5. The molecule has 0 saturated heterocycles. The average molecular weight is 400 g/mol. The molecule has 0 aromatic heterocycles. The molecule has 7 nitrogen and oxygen atoms in total. The van der Waals surface area contributed by atoms with Crippen molar-refractivity contribution in [3.8, 4) is 0 Å². The lowest BCUT2D eigenvalue weighted by atomic mass is 9.83. The molecule has 1 amide bonds. The number of aliphatic carboxylic acids is 1. The van der Waals surface area contributed by atoms with Gasteiger partial charge in [0, 0.05) is 19.4 Å². The van der Waals surface area contributed by atoms with Crippen molar-refractivity contribution in [3.63, 3.8) is 0 Å². The second-order valence-electron chi connectivity index (χ2n) is 8.02. The van der Waals surface area contributed by atoms with Crippen LogP contribution in [-0.4, -0.2) is 35.5 Å². The maximum atomic E-state index is 12.0. The summed E-state index contributed by atoms with van der Waals surface area (Å²) < 4.78 is 9.86. The summed E-state index contributed by atoms with van der Waals surface area (Å²) in [5.41, 5.74) is 0. The van der Waals surface area contributed by atoms with Gasteiger partial charge in [-0.3, -0.25) is 9.59 Å². The summed E-state index contributed by atoms with van der Waals surface area (Å²) in [7, 11) is 0. The van der Waals surface area contributed by atoms with Gasteiger partial charge >= 0.3 is 18.0 Å². The number of ether oxygens (including phenoxy) is 2. The quantitative estimate of drug-likeness (QED) is 0.366. The second kappa shape index (κ2) is 13.4. The van der Waals surface area contributed by atoms with E-state index in [0.29, 0.717) is 12.3 Å². The Hall–Kier alpha value is -1.79. The zero-order valence-corrected chi connectivity index (χ0v) is 17.6. The van der Waals surface area contributed by atoms with Crippen LogP contribution in [-0.2, 0) is 19.1 Å². The van der Waals surface area contributed by atoms with Crippen LogP contribution in [0.25, 0.3) is 0 Å². The van der Waals surface area contributed by atoms with Crippen LogP contribution >= 0.6 is 0 Å². The van der Waals surface area contributed by atoms with Crippen LogP contribution < -0.4 is 5.32 Å². The van der Waals surface area contributed by atoms with Gasteiger partial charge in [0.05, 0.1) is 6.42 Å². The highest BCUT2D eigenvalue weighted by Crippen LogP contribution is 2.29. The number of alkyl carbamates (subject to hydrolysis) is 1.